The lowest BCUT2D eigenvalue weighted by Gasteiger charge is -2.19. The lowest BCUT2D eigenvalue weighted by Crippen LogP contribution is -2.30. The Morgan fingerprint density at radius 1 is 1.19 bits per heavy atom. The molecule has 2 aromatic rings. The summed E-state index contributed by atoms with van der Waals surface area (Å²) in [5.41, 5.74) is 3.12. The lowest BCUT2D eigenvalue weighted by atomic mass is 10.1. The van der Waals surface area contributed by atoms with E-state index >= 15 is 0 Å². The molecule has 5 nitrogen and oxygen atoms in total. The third kappa shape index (κ3) is 5.05. The molecule has 0 atom stereocenters. The Bertz CT molecular complexity index is 1030. The molecule has 2 aromatic carbocycles. The zero-order valence-electron chi connectivity index (χ0n) is 18.5. The number of rotatable bonds is 7. The molecule has 0 aliphatic carbocycles. The zero-order chi connectivity index (χ0) is 22.5. The topological polar surface area (TPSA) is 45.1 Å². The van der Waals surface area contributed by atoms with Crippen molar-refractivity contribution in [1.29, 1.82) is 0 Å². The van der Waals surface area contributed by atoms with Gasteiger partial charge in [0.25, 0.3) is 5.91 Å². The molecule has 2 fully saturated rings. The second-order valence-corrected chi connectivity index (χ2v) is 9.01. The van der Waals surface area contributed by atoms with Gasteiger partial charge in [-0.05, 0) is 79.4 Å². The normalized spacial score (nSPS) is 19.0. The number of amidine groups is 1. The third-order valence-electron chi connectivity index (χ3n) is 5.67. The van der Waals surface area contributed by atoms with Crippen molar-refractivity contribution in [2.45, 2.75) is 26.2 Å². The maximum absolute atomic E-state index is 14.9. The zero-order valence-corrected chi connectivity index (χ0v) is 19.3. The van der Waals surface area contributed by atoms with E-state index in [1.807, 2.05) is 43.3 Å². The van der Waals surface area contributed by atoms with Crippen molar-refractivity contribution in [3.8, 4) is 0 Å². The quantitative estimate of drug-likeness (QED) is 0.417. The Hall–Kier alpha value is -2.64. The summed E-state index contributed by atoms with van der Waals surface area (Å²) < 4.78 is 20.0. The van der Waals surface area contributed by atoms with Gasteiger partial charge < -0.3 is 9.64 Å². The molecule has 0 bridgehead atoms. The number of benzene rings is 2. The van der Waals surface area contributed by atoms with Gasteiger partial charge in [0.1, 0.15) is 5.82 Å². The standard InChI is InChI=1S/C25H28FN3O2S/c1-18-15-22(28-11-6-7-12-28)21(26)16-19(18)17-23-24(30)29(13-8-14-31-2)25(32-23)27-20-9-4-3-5-10-20/h3-5,9-10,15-17H,6-8,11-14H2,1-2H3. The predicted octanol–water partition coefficient (Wildman–Crippen LogP) is 5.37. The number of methoxy groups -OCH3 is 1. The molecule has 0 radical (unpaired) electrons. The SMILES string of the molecule is COCCCN1C(=O)C(=Cc2cc(F)c(N3CCCC3)cc2C)SC1=Nc1ccccc1. The monoisotopic (exact) mass is 453 g/mol. The van der Waals surface area contributed by atoms with E-state index in [1.165, 1.54) is 11.8 Å². The number of aliphatic imine (C=N–C) groups is 1. The van der Waals surface area contributed by atoms with Gasteiger partial charge in [-0.1, -0.05) is 18.2 Å². The first kappa shape index (κ1) is 22.6. The summed E-state index contributed by atoms with van der Waals surface area (Å²) in [5, 5.41) is 0.635. The van der Waals surface area contributed by atoms with Crippen LogP contribution < -0.4 is 4.90 Å². The van der Waals surface area contributed by atoms with Crippen LogP contribution in [0.3, 0.4) is 0 Å². The molecule has 2 saturated heterocycles. The van der Waals surface area contributed by atoms with E-state index in [0.717, 1.165) is 42.7 Å². The number of carbonyl (C=O) groups excluding carboxylic acids is 1. The number of thioether (sulfide) groups is 1. The first-order chi connectivity index (χ1) is 15.6. The number of para-hydroxylation sites is 1. The fourth-order valence-corrected chi connectivity index (χ4v) is 4.96. The van der Waals surface area contributed by atoms with Crippen molar-refractivity contribution < 1.29 is 13.9 Å². The molecule has 2 aliphatic rings. The Balaban J connectivity index is 1.63. The minimum Gasteiger partial charge on any atom is -0.385 e. The Labute approximate surface area is 193 Å². The van der Waals surface area contributed by atoms with Crippen LogP contribution in [-0.2, 0) is 9.53 Å². The Morgan fingerprint density at radius 2 is 1.94 bits per heavy atom. The van der Waals surface area contributed by atoms with Crippen LogP contribution in [0, 0.1) is 12.7 Å². The van der Waals surface area contributed by atoms with Crippen molar-refractivity contribution in [3.63, 3.8) is 0 Å². The van der Waals surface area contributed by atoms with Crippen molar-refractivity contribution in [2.24, 2.45) is 4.99 Å². The van der Waals surface area contributed by atoms with Gasteiger partial charge in [0.15, 0.2) is 5.17 Å². The smallest absolute Gasteiger partial charge is 0.266 e. The predicted molar refractivity (Wildman–Crippen MR) is 130 cm³/mol. The minimum atomic E-state index is -0.241. The van der Waals surface area contributed by atoms with E-state index in [4.69, 9.17) is 4.74 Å². The summed E-state index contributed by atoms with van der Waals surface area (Å²) in [6, 6.07) is 13.0. The highest BCUT2D eigenvalue weighted by Crippen LogP contribution is 2.36. The van der Waals surface area contributed by atoms with Crippen LogP contribution in [-0.4, -0.2) is 49.3 Å². The second kappa shape index (κ2) is 10.3. The van der Waals surface area contributed by atoms with Gasteiger partial charge in [-0.15, -0.1) is 0 Å². The van der Waals surface area contributed by atoms with Gasteiger partial charge in [0.05, 0.1) is 16.3 Å². The molecule has 0 spiro atoms. The number of hydrogen-bond acceptors (Lipinski definition) is 5. The number of nitrogens with zero attached hydrogens (tertiary/aromatic N) is 3. The van der Waals surface area contributed by atoms with Gasteiger partial charge >= 0.3 is 0 Å². The fourth-order valence-electron chi connectivity index (χ4n) is 3.95. The molecule has 168 valence electrons. The van der Waals surface area contributed by atoms with Gasteiger partial charge in [-0.25, -0.2) is 9.38 Å². The highest BCUT2D eigenvalue weighted by Gasteiger charge is 2.33. The van der Waals surface area contributed by atoms with Crippen molar-refractivity contribution in [3.05, 3.63) is 64.3 Å². The average Bonchev–Trinajstić information content (AvgIpc) is 3.41. The second-order valence-electron chi connectivity index (χ2n) is 8.00. The Kier molecular flexibility index (Phi) is 7.27. The molecule has 0 unspecified atom stereocenters. The molecule has 7 heteroatoms. The van der Waals surface area contributed by atoms with Crippen LogP contribution in [0.25, 0.3) is 6.08 Å². The van der Waals surface area contributed by atoms with Gasteiger partial charge in [0.2, 0.25) is 0 Å². The molecule has 32 heavy (non-hydrogen) atoms. The summed E-state index contributed by atoms with van der Waals surface area (Å²) in [6.45, 7) is 4.82. The van der Waals surface area contributed by atoms with E-state index < -0.39 is 0 Å². The molecule has 0 aromatic heterocycles. The van der Waals surface area contributed by atoms with E-state index in [0.29, 0.717) is 35.3 Å². The summed E-state index contributed by atoms with van der Waals surface area (Å²) in [4.78, 5) is 22.2. The summed E-state index contributed by atoms with van der Waals surface area (Å²) in [6.07, 6.45) is 4.69. The molecular weight excluding hydrogens is 425 g/mol. The number of aryl methyl sites for hydroxylation is 1. The van der Waals surface area contributed by atoms with E-state index in [2.05, 4.69) is 9.89 Å². The van der Waals surface area contributed by atoms with Crippen molar-refractivity contribution >= 4 is 40.3 Å². The number of hydrogen-bond donors (Lipinski definition) is 0. The summed E-state index contributed by atoms with van der Waals surface area (Å²) in [7, 11) is 1.65. The van der Waals surface area contributed by atoms with Gasteiger partial charge in [-0.3, -0.25) is 9.69 Å². The van der Waals surface area contributed by atoms with Gasteiger partial charge in [0, 0.05) is 33.4 Å². The number of halogens is 1. The highest BCUT2D eigenvalue weighted by atomic mass is 32.2. The molecule has 0 N–H and O–H groups in total. The van der Waals surface area contributed by atoms with E-state index in [1.54, 1.807) is 24.2 Å². The number of amides is 1. The Morgan fingerprint density at radius 3 is 2.66 bits per heavy atom. The third-order valence-corrected chi connectivity index (χ3v) is 6.67. The largest absolute Gasteiger partial charge is 0.385 e. The number of ether oxygens (including phenoxy) is 1. The van der Waals surface area contributed by atoms with Crippen LogP contribution in [0.5, 0.6) is 0 Å². The number of carbonyl (C=O) groups is 1. The molecule has 4 rings (SSSR count). The molecule has 1 amide bonds. The van der Waals surface area contributed by atoms with Crippen LogP contribution in [0.2, 0.25) is 0 Å². The highest BCUT2D eigenvalue weighted by molar-refractivity contribution is 8.18. The first-order valence-corrected chi connectivity index (χ1v) is 11.8. The van der Waals surface area contributed by atoms with Crippen molar-refractivity contribution in [2.75, 3.05) is 38.3 Å². The molecule has 0 saturated carbocycles. The lowest BCUT2D eigenvalue weighted by molar-refractivity contribution is -0.122. The minimum absolute atomic E-state index is 0.107. The first-order valence-electron chi connectivity index (χ1n) is 11.0. The van der Waals surface area contributed by atoms with Gasteiger partial charge in [-0.2, -0.15) is 0 Å². The van der Waals surface area contributed by atoms with Crippen LogP contribution in [0.15, 0.2) is 52.4 Å². The average molecular weight is 454 g/mol. The molecule has 2 heterocycles. The van der Waals surface area contributed by atoms with E-state index in [-0.39, 0.29) is 11.7 Å². The van der Waals surface area contributed by atoms with Crippen LogP contribution in [0.4, 0.5) is 15.8 Å². The number of anilines is 1. The fraction of sp³-hybridized carbons (Fsp3) is 0.360. The molecular formula is C25H28FN3O2S. The van der Waals surface area contributed by atoms with Crippen LogP contribution in [0.1, 0.15) is 30.4 Å². The summed E-state index contributed by atoms with van der Waals surface area (Å²) in [5.74, 6) is -0.348. The molecule has 2 aliphatic heterocycles. The van der Waals surface area contributed by atoms with E-state index in [9.17, 15) is 9.18 Å². The summed E-state index contributed by atoms with van der Waals surface area (Å²) >= 11 is 1.33. The van der Waals surface area contributed by atoms with Crippen molar-refractivity contribution in [1.82, 2.24) is 4.90 Å². The van der Waals surface area contributed by atoms with Crippen LogP contribution >= 0.6 is 11.8 Å². The maximum atomic E-state index is 14.9. The maximum Gasteiger partial charge on any atom is 0.266 e.